The molecule has 0 spiro atoms. The number of nitriles is 1. The first-order chi connectivity index (χ1) is 15.3. The molecule has 0 fully saturated rings. The van der Waals surface area contributed by atoms with Crippen molar-refractivity contribution in [1.82, 2.24) is 0 Å². The number of hydrogen-bond donors (Lipinski definition) is 1. The largest absolute Gasteiger partial charge is 0.440 e. The number of nitrogens with two attached hydrogens (primary N) is 1. The maximum absolute atomic E-state index is 13.8. The zero-order valence-electron chi connectivity index (χ0n) is 16.0. The number of ether oxygens (including phenoxy) is 2. The first kappa shape index (κ1) is 21.6. The lowest BCUT2D eigenvalue weighted by molar-refractivity contribution is 0.0734. The summed E-state index contributed by atoms with van der Waals surface area (Å²) < 4.78 is 38.2. The highest BCUT2D eigenvalue weighted by atomic mass is 35.5. The maximum Gasteiger partial charge on any atom is 0.343 e. The van der Waals surface area contributed by atoms with Gasteiger partial charge in [-0.05, 0) is 42.0 Å². The van der Waals surface area contributed by atoms with Crippen LogP contribution in [-0.2, 0) is 0 Å². The normalized spacial score (nSPS) is 14.9. The lowest BCUT2D eigenvalue weighted by Crippen LogP contribution is -2.21. The second-order valence-corrected chi connectivity index (χ2v) is 7.63. The van der Waals surface area contributed by atoms with E-state index in [-0.39, 0.29) is 33.5 Å². The minimum atomic E-state index is -1.06. The van der Waals surface area contributed by atoms with Crippen molar-refractivity contribution in [3.63, 3.8) is 0 Å². The zero-order valence-corrected chi connectivity index (χ0v) is 17.5. The van der Waals surface area contributed by atoms with Crippen molar-refractivity contribution in [2.24, 2.45) is 5.73 Å². The molecule has 1 heterocycles. The van der Waals surface area contributed by atoms with E-state index in [0.29, 0.717) is 16.1 Å². The lowest BCUT2D eigenvalue weighted by atomic mass is 9.83. The Hall–Kier alpha value is -3.60. The number of halogens is 4. The highest BCUT2D eigenvalue weighted by Gasteiger charge is 2.31. The topological polar surface area (TPSA) is 85.3 Å². The molecule has 2 N–H and O–H groups in total. The molecule has 0 aliphatic carbocycles. The monoisotopic (exact) mass is 472 g/mol. The van der Waals surface area contributed by atoms with Crippen LogP contribution in [-0.4, -0.2) is 5.97 Å². The molecule has 5 nitrogen and oxygen atoms in total. The van der Waals surface area contributed by atoms with Gasteiger partial charge in [-0.2, -0.15) is 5.26 Å². The summed E-state index contributed by atoms with van der Waals surface area (Å²) in [4.78, 5) is 12.4. The predicted molar refractivity (Wildman–Crippen MR) is 114 cm³/mol. The fourth-order valence-electron chi connectivity index (χ4n) is 3.32. The molecule has 9 heteroatoms. The number of hydrogen-bond acceptors (Lipinski definition) is 5. The Kier molecular flexibility index (Phi) is 5.74. The van der Waals surface area contributed by atoms with Crippen LogP contribution in [0, 0.1) is 23.0 Å². The summed E-state index contributed by atoms with van der Waals surface area (Å²) in [5, 5.41) is 10.1. The third kappa shape index (κ3) is 3.98. The maximum atomic E-state index is 13.8. The number of carbonyl (C=O) groups excluding carboxylic acids is 1. The molecule has 1 atom stereocenters. The van der Waals surface area contributed by atoms with Crippen molar-refractivity contribution >= 4 is 29.2 Å². The van der Waals surface area contributed by atoms with Crippen molar-refractivity contribution in [2.45, 2.75) is 5.92 Å². The van der Waals surface area contributed by atoms with Crippen LogP contribution in [0.4, 0.5) is 8.78 Å². The van der Waals surface area contributed by atoms with Crippen LogP contribution in [0.3, 0.4) is 0 Å². The standard InChI is InChI=1S/C23H12Cl2F2N2O3/c24-16-5-1-12(7-17(16)25)23(30)31-13-3-4-14-20(9-13)32-22(29)15(10-28)21(14)11-2-6-18(26)19(27)8-11/h1-9,21H,29H2. The molecule has 0 amide bonds. The van der Waals surface area contributed by atoms with Gasteiger partial charge in [0.25, 0.3) is 0 Å². The Morgan fingerprint density at radius 3 is 2.50 bits per heavy atom. The Balaban J connectivity index is 1.70. The van der Waals surface area contributed by atoms with E-state index in [1.807, 2.05) is 6.07 Å². The van der Waals surface area contributed by atoms with Gasteiger partial charge in [0.15, 0.2) is 11.6 Å². The van der Waals surface area contributed by atoms with Crippen molar-refractivity contribution in [1.29, 1.82) is 5.26 Å². The van der Waals surface area contributed by atoms with Crippen LogP contribution in [0.1, 0.15) is 27.4 Å². The minimum Gasteiger partial charge on any atom is -0.440 e. The quantitative estimate of drug-likeness (QED) is 0.389. The third-order valence-electron chi connectivity index (χ3n) is 4.83. The van der Waals surface area contributed by atoms with Crippen LogP contribution in [0.15, 0.2) is 66.1 Å². The molecule has 0 saturated heterocycles. The Morgan fingerprint density at radius 1 is 1.03 bits per heavy atom. The summed E-state index contributed by atoms with van der Waals surface area (Å²) in [6.07, 6.45) is 0. The summed E-state index contributed by atoms with van der Waals surface area (Å²) in [7, 11) is 0. The van der Waals surface area contributed by atoms with Crippen molar-refractivity contribution < 1.29 is 23.0 Å². The highest BCUT2D eigenvalue weighted by molar-refractivity contribution is 6.42. The van der Waals surface area contributed by atoms with E-state index < -0.39 is 23.5 Å². The highest BCUT2D eigenvalue weighted by Crippen LogP contribution is 2.43. The molecule has 160 valence electrons. The number of carbonyl (C=O) groups is 1. The Bertz CT molecular complexity index is 1340. The van der Waals surface area contributed by atoms with Crippen LogP contribution < -0.4 is 15.2 Å². The molecule has 0 bridgehead atoms. The zero-order chi connectivity index (χ0) is 23.0. The van der Waals surface area contributed by atoms with Crippen LogP contribution in [0.25, 0.3) is 0 Å². The van der Waals surface area contributed by atoms with Gasteiger partial charge in [0.2, 0.25) is 5.88 Å². The van der Waals surface area contributed by atoms with Gasteiger partial charge in [-0.25, -0.2) is 13.6 Å². The van der Waals surface area contributed by atoms with Gasteiger partial charge in [-0.1, -0.05) is 35.3 Å². The van der Waals surface area contributed by atoms with Crippen LogP contribution in [0.5, 0.6) is 11.5 Å². The summed E-state index contributed by atoms with van der Waals surface area (Å²) in [6, 6.07) is 14.1. The number of rotatable bonds is 3. The number of allylic oxidation sites excluding steroid dienone is 1. The second-order valence-electron chi connectivity index (χ2n) is 6.82. The van der Waals surface area contributed by atoms with Gasteiger partial charge in [0.05, 0.1) is 21.5 Å². The molecule has 0 radical (unpaired) electrons. The van der Waals surface area contributed by atoms with E-state index in [1.54, 1.807) is 6.07 Å². The summed E-state index contributed by atoms with van der Waals surface area (Å²) >= 11 is 11.8. The van der Waals surface area contributed by atoms with E-state index in [1.165, 1.54) is 36.4 Å². The second kappa shape index (κ2) is 8.50. The first-order valence-corrected chi connectivity index (χ1v) is 9.87. The minimum absolute atomic E-state index is 0.0454. The van der Waals surface area contributed by atoms with Gasteiger partial charge in [-0.3, -0.25) is 0 Å². The predicted octanol–water partition coefficient (Wildman–Crippen LogP) is 5.71. The van der Waals surface area contributed by atoms with Gasteiger partial charge in [-0.15, -0.1) is 0 Å². The SMILES string of the molecule is N#CC1=C(N)Oc2cc(OC(=O)c3ccc(Cl)c(Cl)c3)ccc2C1c1ccc(F)c(F)c1. The average Bonchev–Trinajstić information content (AvgIpc) is 2.76. The smallest absolute Gasteiger partial charge is 0.343 e. The fourth-order valence-corrected chi connectivity index (χ4v) is 3.62. The van der Waals surface area contributed by atoms with E-state index in [4.69, 9.17) is 38.4 Å². The molecule has 1 aliphatic rings. The third-order valence-corrected chi connectivity index (χ3v) is 5.57. The van der Waals surface area contributed by atoms with Crippen molar-refractivity contribution in [3.8, 4) is 17.6 Å². The number of esters is 1. The molecule has 32 heavy (non-hydrogen) atoms. The van der Waals surface area contributed by atoms with Crippen molar-refractivity contribution in [3.05, 3.63) is 104 Å². The summed E-state index contributed by atoms with van der Waals surface area (Å²) in [5.41, 5.74) is 6.92. The van der Waals surface area contributed by atoms with E-state index >= 15 is 0 Å². The van der Waals surface area contributed by atoms with Gasteiger partial charge in [0.1, 0.15) is 23.1 Å². The van der Waals surface area contributed by atoms with Gasteiger partial charge < -0.3 is 15.2 Å². The average molecular weight is 473 g/mol. The first-order valence-electron chi connectivity index (χ1n) is 9.12. The van der Waals surface area contributed by atoms with Gasteiger partial charge >= 0.3 is 5.97 Å². The molecular weight excluding hydrogens is 461 g/mol. The van der Waals surface area contributed by atoms with Crippen molar-refractivity contribution in [2.75, 3.05) is 0 Å². The molecule has 3 aromatic carbocycles. The van der Waals surface area contributed by atoms with E-state index in [2.05, 4.69) is 0 Å². The molecule has 4 rings (SSSR count). The number of fused-ring (bicyclic) bond motifs is 1. The van der Waals surface area contributed by atoms with E-state index in [9.17, 15) is 18.8 Å². The molecular formula is C23H12Cl2F2N2O3. The Labute approximate surface area is 191 Å². The molecule has 1 aliphatic heterocycles. The van der Waals surface area contributed by atoms with E-state index in [0.717, 1.165) is 12.1 Å². The Morgan fingerprint density at radius 2 is 1.81 bits per heavy atom. The van der Waals surface area contributed by atoms with Gasteiger partial charge in [0, 0.05) is 11.6 Å². The molecule has 0 aromatic heterocycles. The molecule has 3 aromatic rings. The molecule has 0 saturated carbocycles. The van der Waals surface area contributed by atoms with Crippen LogP contribution in [0.2, 0.25) is 10.0 Å². The summed E-state index contributed by atoms with van der Waals surface area (Å²) in [6.45, 7) is 0. The number of benzene rings is 3. The van der Waals surface area contributed by atoms with Crippen LogP contribution >= 0.6 is 23.2 Å². The summed E-state index contributed by atoms with van der Waals surface area (Å²) in [5.74, 6) is -3.40. The fraction of sp³-hybridized carbons (Fsp3) is 0.0435. The molecule has 1 unspecified atom stereocenters. The lowest BCUT2D eigenvalue weighted by Gasteiger charge is -2.26. The number of nitrogens with zero attached hydrogens (tertiary/aromatic N) is 1.